The van der Waals surface area contributed by atoms with E-state index in [0.717, 1.165) is 0 Å². The van der Waals surface area contributed by atoms with Crippen molar-refractivity contribution in [3.05, 3.63) is 91.0 Å². The van der Waals surface area contributed by atoms with Crippen molar-refractivity contribution < 1.29 is 43.4 Å². The van der Waals surface area contributed by atoms with Gasteiger partial charge in [0.1, 0.15) is 0 Å². The quantitative estimate of drug-likeness (QED) is 0.374. The monoisotopic (exact) mass is 532 g/mol. The van der Waals surface area contributed by atoms with Crippen LogP contribution in [0.4, 0.5) is 26.3 Å². The summed E-state index contributed by atoms with van der Waals surface area (Å²) in [6.07, 6.45) is -11.2. The average molecular weight is 532 g/mol. The van der Waals surface area contributed by atoms with Crippen LogP contribution in [0.1, 0.15) is 0 Å². The van der Waals surface area contributed by atoms with Crippen LogP contribution in [-0.2, 0) is 17.0 Å². The van der Waals surface area contributed by atoms with Crippen molar-refractivity contribution in [2.75, 3.05) is 0 Å². The molecule has 0 saturated carbocycles. The van der Waals surface area contributed by atoms with Gasteiger partial charge in [-0.1, -0.05) is 0 Å². The van der Waals surface area contributed by atoms with Crippen LogP contribution < -0.4 is 13.1 Å². The van der Waals surface area contributed by atoms with Crippen molar-refractivity contribution in [1.29, 1.82) is 0 Å². The molecular weight excluding hydrogens is 517 g/mol. The van der Waals surface area contributed by atoms with E-state index in [0.29, 0.717) is 0 Å². The fourth-order valence-corrected chi connectivity index (χ4v) is 12.8. The van der Waals surface area contributed by atoms with Gasteiger partial charge < -0.3 is 0 Å². The topological polar surface area (TPSA) is 52.6 Å². The Balaban J connectivity index is 2.56. The van der Waals surface area contributed by atoms with Crippen molar-refractivity contribution in [2.24, 2.45) is 0 Å². The molecule has 0 fully saturated rings. The van der Waals surface area contributed by atoms with E-state index in [9.17, 15) is 35.9 Å². The van der Waals surface area contributed by atoms with Crippen LogP contribution >= 0.6 is 0 Å². The summed E-state index contributed by atoms with van der Waals surface area (Å²) in [4.78, 5) is 24.5. The zero-order chi connectivity index (χ0) is 24.4. The minimum absolute atomic E-state index is 0.302. The number of alkyl halides is 6. The molecule has 0 unspecified atom stereocenters. The molecule has 0 saturated heterocycles. The molecule has 3 aromatic carbocycles. The second-order valence-corrected chi connectivity index (χ2v) is 14.8. The SMILES string of the molecule is O=C(O[As](OC(=O)C(F)(F)F)(c1ccccc1)(c1ccccc1)c1ccccc1)C(F)(F)F. The molecule has 174 valence electrons. The van der Waals surface area contributed by atoms with Crippen LogP contribution in [0.2, 0.25) is 0 Å². The molecule has 0 amide bonds. The second-order valence-electron chi connectivity index (χ2n) is 6.72. The van der Waals surface area contributed by atoms with Gasteiger partial charge in [0.05, 0.1) is 0 Å². The van der Waals surface area contributed by atoms with Crippen LogP contribution in [0.15, 0.2) is 91.0 Å². The van der Waals surface area contributed by atoms with Gasteiger partial charge in [-0.25, -0.2) is 0 Å². The molecule has 11 heteroatoms. The summed E-state index contributed by atoms with van der Waals surface area (Å²) in [5.74, 6) is -5.58. The van der Waals surface area contributed by atoms with E-state index < -0.39 is 37.4 Å². The minimum atomic E-state index is -6.79. The first-order valence-corrected chi connectivity index (χ1v) is 13.6. The Kier molecular flexibility index (Phi) is 6.35. The number of rotatable bonds is 5. The summed E-state index contributed by atoms with van der Waals surface area (Å²) in [7, 11) is 0. The Morgan fingerprint density at radius 1 is 0.515 bits per heavy atom. The van der Waals surface area contributed by atoms with Crippen molar-refractivity contribution in [1.82, 2.24) is 0 Å². The molecular formula is C22H15AsF6O4. The zero-order valence-corrected chi connectivity index (χ0v) is 18.4. The molecule has 0 aliphatic rings. The summed E-state index contributed by atoms with van der Waals surface area (Å²) in [6.45, 7) is 0. The predicted molar refractivity (Wildman–Crippen MR) is 108 cm³/mol. The number of carbonyl (C=O) groups is 2. The fraction of sp³-hybridized carbons (Fsp3) is 0.0909. The van der Waals surface area contributed by atoms with Crippen LogP contribution in [-0.4, -0.2) is 37.4 Å². The molecule has 0 spiro atoms. The van der Waals surface area contributed by atoms with E-state index in [4.69, 9.17) is 7.45 Å². The Hall–Kier alpha value is -3.26. The van der Waals surface area contributed by atoms with E-state index in [1.54, 1.807) is 0 Å². The molecule has 0 aliphatic carbocycles. The maximum atomic E-state index is 13.5. The van der Waals surface area contributed by atoms with Gasteiger partial charge in [-0.15, -0.1) is 0 Å². The van der Waals surface area contributed by atoms with Crippen LogP contribution in [0, 0.1) is 0 Å². The summed E-state index contributed by atoms with van der Waals surface area (Å²) in [5.41, 5.74) is 0. The van der Waals surface area contributed by atoms with Crippen LogP contribution in [0.3, 0.4) is 0 Å². The van der Waals surface area contributed by atoms with Gasteiger partial charge in [0, 0.05) is 0 Å². The molecule has 3 rings (SSSR count). The first-order valence-electron chi connectivity index (χ1n) is 9.22. The predicted octanol–water partition coefficient (Wildman–Crippen LogP) is 3.32. The van der Waals surface area contributed by atoms with Gasteiger partial charge in [-0.2, -0.15) is 0 Å². The Bertz CT molecular complexity index is 1000. The third kappa shape index (κ3) is 4.35. The van der Waals surface area contributed by atoms with Crippen LogP contribution in [0.5, 0.6) is 0 Å². The normalized spacial score (nSPS) is 13.5. The number of hydrogen-bond acceptors (Lipinski definition) is 4. The molecule has 0 aliphatic heterocycles. The Labute approximate surface area is 185 Å². The van der Waals surface area contributed by atoms with Gasteiger partial charge in [0.25, 0.3) is 0 Å². The number of hydrogen-bond donors (Lipinski definition) is 0. The first kappa shape index (κ1) is 24.4. The molecule has 3 aromatic rings. The number of carbonyl (C=O) groups excluding carboxylic acids is 2. The number of halogens is 6. The van der Waals surface area contributed by atoms with Gasteiger partial charge >= 0.3 is 185 Å². The van der Waals surface area contributed by atoms with Crippen molar-refractivity contribution in [3.63, 3.8) is 0 Å². The van der Waals surface area contributed by atoms with Gasteiger partial charge in [0.15, 0.2) is 0 Å². The summed E-state index contributed by atoms with van der Waals surface area (Å²) in [5, 5.41) is 0. The van der Waals surface area contributed by atoms with E-state index in [1.165, 1.54) is 91.0 Å². The van der Waals surface area contributed by atoms with Gasteiger partial charge in [0.2, 0.25) is 0 Å². The average Bonchev–Trinajstić information content (AvgIpc) is 2.79. The second kappa shape index (κ2) is 8.59. The molecule has 0 aromatic heterocycles. The van der Waals surface area contributed by atoms with Crippen LogP contribution in [0.25, 0.3) is 0 Å². The Morgan fingerprint density at radius 2 is 0.758 bits per heavy atom. The molecule has 0 atom stereocenters. The summed E-state index contributed by atoms with van der Waals surface area (Å²) < 4.78 is 90.0. The number of benzene rings is 3. The molecule has 0 bridgehead atoms. The van der Waals surface area contributed by atoms with Gasteiger partial charge in [-0.3, -0.25) is 0 Å². The molecule has 0 N–H and O–H groups in total. The summed E-state index contributed by atoms with van der Waals surface area (Å²) in [6, 6.07) is 19.3. The van der Waals surface area contributed by atoms with E-state index in [2.05, 4.69) is 0 Å². The third-order valence-corrected chi connectivity index (χ3v) is 14.6. The van der Waals surface area contributed by atoms with Crippen molar-refractivity contribution >= 4 is 38.1 Å². The van der Waals surface area contributed by atoms with Crippen molar-refractivity contribution in [3.8, 4) is 0 Å². The standard InChI is InChI=1S/C22H15AsF6O4/c24-21(25,26)19(30)32-23(16-10-4-1-5-11-16,17-12-6-2-7-13-17,18-14-8-3-9-15-18)33-20(31)22(27,28)29/h1-15H. The van der Waals surface area contributed by atoms with Gasteiger partial charge in [-0.05, 0) is 0 Å². The molecule has 33 heavy (non-hydrogen) atoms. The maximum absolute atomic E-state index is 13.5. The molecule has 4 nitrogen and oxygen atoms in total. The molecule has 0 heterocycles. The Morgan fingerprint density at radius 3 is 0.970 bits per heavy atom. The third-order valence-electron chi connectivity index (χ3n) is 4.65. The zero-order valence-electron chi connectivity index (χ0n) is 16.5. The fourth-order valence-electron chi connectivity index (χ4n) is 3.30. The summed E-state index contributed by atoms with van der Waals surface area (Å²) >= 11 is -6.79. The van der Waals surface area contributed by atoms with E-state index in [-0.39, 0.29) is 13.1 Å². The molecule has 0 radical (unpaired) electrons. The first-order chi connectivity index (χ1) is 15.4. The van der Waals surface area contributed by atoms with E-state index >= 15 is 0 Å². The van der Waals surface area contributed by atoms with Crippen molar-refractivity contribution in [2.45, 2.75) is 12.4 Å². The van der Waals surface area contributed by atoms with E-state index in [1.807, 2.05) is 0 Å².